The summed E-state index contributed by atoms with van der Waals surface area (Å²) < 4.78 is 0. The minimum atomic E-state index is -1.03. The zero-order valence-corrected chi connectivity index (χ0v) is 21.0. The molecule has 1 aliphatic carbocycles. The van der Waals surface area contributed by atoms with Crippen molar-refractivity contribution in [3.8, 4) is 6.07 Å². The third kappa shape index (κ3) is 3.11. The molecule has 5 rings (SSSR count). The maximum absolute atomic E-state index is 11.5. The van der Waals surface area contributed by atoms with E-state index < -0.39 is 5.97 Å². The molecule has 0 saturated heterocycles. The number of hydrogen-bond acceptors (Lipinski definition) is 5. The van der Waals surface area contributed by atoms with Crippen LogP contribution in [0.2, 0.25) is 0 Å². The Kier molecular flexibility index (Phi) is 4.86. The third-order valence-corrected chi connectivity index (χ3v) is 8.88. The van der Waals surface area contributed by atoms with E-state index in [1.165, 1.54) is 33.7 Å². The molecule has 0 fully saturated rings. The molecule has 3 heterocycles. The van der Waals surface area contributed by atoms with Gasteiger partial charge in [-0.1, -0.05) is 45.2 Å². The van der Waals surface area contributed by atoms with Crippen molar-refractivity contribution in [2.24, 2.45) is 0 Å². The number of hydrogen-bond donors (Lipinski definition) is 1. The van der Waals surface area contributed by atoms with E-state index >= 15 is 0 Å². The van der Waals surface area contributed by atoms with Crippen molar-refractivity contribution in [2.75, 3.05) is 24.5 Å². The number of anilines is 1. The molecular formula is C26H27N3O2S2. The van der Waals surface area contributed by atoms with Crippen molar-refractivity contribution in [1.82, 2.24) is 4.90 Å². The van der Waals surface area contributed by atoms with Crippen molar-refractivity contribution in [3.05, 3.63) is 45.0 Å². The molecule has 170 valence electrons. The first-order valence-electron chi connectivity index (χ1n) is 11.4. The Bertz CT molecular complexity index is 1270. The quantitative estimate of drug-likeness (QED) is 0.501. The summed E-state index contributed by atoms with van der Waals surface area (Å²) in [5.74, 6) is -1.03. The van der Waals surface area contributed by atoms with Gasteiger partial charge in [-0.3, -0.25) is 4.79 Å². The van der Waals surface area contributed by atoms with Crippen molar-refractivity contribution in [2.45, 2.75) is 57.8 Å². The van der Waals surface area contributed by atoms with Gasteiger partial charge in [0.25, 0.3) is 0 Å². The maximum Gasteiger partial charge on any atom is 0.323 e. The lowest BCUT2D eigenvalue weighted by molar-refractivity contribution is -0.136. The SMILES string of the molecule is CC1=C(C#N)C(=S)N(CC(=O)O)C(=S)/C1=C\c1cc2c3c4c1CC4(C)CCN3CCC2(C)C. The highest BCUT2D eigenvalue weighted by molar-refractivity contribution is 7.82. The number of carboxylic acids is 1. The van der Waals surface area contributed by atoms with E-state index in [1.807, 2.05) is 6.92 Å². The van der Waals surface area contributed by atoms with Crippen LogP contribution in [-0.2, 0) is 22.0 Å². The molecule has 4 aliphatic rings. The van der Waals surface area contributed by atoms with E-state index in [0.29, 0.717) is 10.6 Å². The van der Waals surface area contributed by atoms with Gasteiger partial charge in [0, 0.05) is 29.8 Å². The molecular weight excluding hydrogens is 450 g/mol. The number of carboxylic acid groups (broad SMARTS) is 1. The van der Waals surface area contributed by atoms with Crippen LogP contribution in [-0.4, -0.2) is 45.6 Å². The van der Waals surface area contributed by atoms with Crippen LogP contribution >= 0.6 is 24.4 Å². The Hall–Kier alpha value is -2.56. The molecule has 0 spiro atoms. The van der Waals surface area contributed by atoms with Gasteiger partial charge in [0.1, 0.15) is 22.6 Å². The Labute approximate surface area is 205 Å². The highest BCUT2D eigenvalue weighted by atomic mass is 32.1. The molecule has 1 aromatic rings. The lowest BCUT2D eigenvalue weighted by Crippen LogP contribution is -2.51. The minimum absolute atomic E-state index is 0.0780. The van der Waals surface area contributed by atoms with Crippen molar-refractivity contribution < 1.29 is 9.90 Å². The Balaban J connectivity index is 1.72. The molecule has 1 N–H and O–H groups in total. The number of carbonyl (C=O) groups is 1. The van der Waals surface area contributed by atoms with E-state index in [9.17, 15) is 15.2 Å². The summed E-state index contributed by atoms with van der Waals surface area (Å²) in [7, 11) is 0. The van der Waals surface area contributed by atoms with Gasteiger partial charge in [-0.15, -0.1) is 0 Å². The van der Waals surface area contributed by atoms with Crippen molar-refractivity contribution in [1.29, 1.82) is 5.26 Å². The first-order chi connectivity index (χ1) is 15.5. The molecule has 3 aliphatic heterocycles. The van der Waals surface area contributed by atoms with E-state index in [0.717, 1.165) is 42.6 Å². The lowest BCUT2D eigenvalue weighted by Gasteiger charge is -2.55. The van der Waals surface area contributed by atoms with Gasteiger partial charge in [0.2, 0.25) is 0 Å². The molecule has 1 atom stereocenters. The first-order valence-corrected chi connectivity index (χ1v) is 12.2. The van der Waals surface area contributed by atoms with E-state index in [1.54, 1.807) is 0 Å². The first kappa shape index (κ1) is 22.2. The van der Waals surface area contributed by atoms with Gasteiger partial charge in [-0.2, -0.15) is 5.26 Å². The average Bonchev–Trinajstić information content (AvgIpc) is 2.73. The minimum Gasteiger partial charge on any atom is -0.480 e. The number of thiocarbonyl (C=S) groups is 2. The van der Waals surface area contributed by atoms with Gasteiger partial charge in [0.15, 0.2) is 0 Å². The van der Waals surface area contributed by atoms with Crippen LogP contribution in [0.4, 0.5) is 5.69 Å². The second-order valence-electron chi connectivity index (χ2n) is 10.6. The molecule has 0 saturated carbocycles. The smallest absolute Gasteiger partial charge is 0.323 e. The second kappa shape index (κ2) is 7.22. The normalized spacial score (nSPS) is 26.2. The van der Waals surface area contributed by atoms with Gasteiger partial charge in [0.05, 0.1) is 5.57 Å². The van der Waals surface area contributed by atoms with E-state index in [4.69, 9.17) is 24.4 Å². The van der Waals surface area contributed by atoms with Crippen LogP contribution in [0.5, 0.6) is 0 Å². The third-order valence-electron chi connectivity index (χ3n) is 8.02. The predicted octanol–water partition coefficient (Wildman–Crippen LogP) is 4.67. The monoisotopic (exact) mass is 477 g/mol. The molecule has 1 aromatic carbocycles. The van der Waals surface area contributed by atoms with E-state index in [-0.39, 0.29) is 22.4 Å². The molecule has 0 radical (unpaired) electrons. The van der Waals surface area contributed by atoms with Crippen LogP contribution in [0.3, 0.4) is 0 Å². The largest absolute Gasteiger partial charge is 0.480 e. The molecule has 0 amide bonds. The second-order valence-corrected chi connectivity index (χ2v) is 11.4. The summed E-state index contributed by atoms with van der Waals surface area (Å²) in [6, 6.07) is 4.48. The molecule has 0 bridgehead atoms. The Morgan fingerprint density at radius 2 is 1.94 bits per heavy atom. The summed E-state index contributed by atoms with van der Waals surface area (Å²) in [4.78, 5) is 16.0. The average molecular weight is 478 g/mol. The fraction of sp³-hybridized carbons (Fsp3) is 0.462. The highest BCUT2D eigenvalue weighted by Crippen LogP contribution is 2.58. The van der Waals surface area contributed by atoms with Crippen LogP contribution < -0.4 is 4.90 Å². The summed E-state index contributed by atoms with van der Waals surface area (Å²) in [5, 5.41) is 19.1. The predicted molar refractivity (Wildman–Crippen MR) is 138 cm³/mol. The number of nitrogens with zero attached hydrogens (tertiary/aromatic N) is 3. The molecule has 1 unspecified atom stereocenters. The lowest BCUT2D eigenvalue weighted by atomic mass is 9.57. The van der Waals surface area contributed by atoms with Crippen LogP contribution in [0.15, 0.2) is 22.8 Å². The summed E-state index contributed by atoms with van der Waals surface area (Å²) >= 11 is 11.1. The van der Waals surface area contributed by atoms with Crippen LogP contribution in [0.25, 0.3) is 6.08 Å². The van der Waals surface area contributed by atoms with Gasteiger partial charge >= 0.3 is 5.97 Å². The fourth-order valence-electron chi connectivity index (χ4n) is 5.96. The highest BCUT2D eigenvalue weighted by Gasteiger charge is 2.49. The van der Waals surface area contributed by atoms with Crippen molar-refractivity contribution >= 4 is 52.1 Å². The molecule has 0 aromatic heterocycles. The molecule has 7 heteroatoms. The van der Waals surface area contributed by atoms with Crippen LogP contribution in [0, 0.1) is 11.3 Å². The zero-order valence-electron chi connectivity index (χ0n) is 19.4. The van der Waals surface area contributed by atoms with E-state index in [2.05, 4.69) is 43.9 Å². The Morgan fingerprint density at radius 3 is 2.61 bits per heavy atom. The number of rotatable bonds is 3. The molecule has 5 nitrogen and oxygen atoms in total. The maximum atomic E-state index is 11.5. The zero-order chi connectivity index (χ0) is 23.9. The summed E-state index contributed by atoms with van der Waals surface area (Å²) in [6.45, 7) is 10.7. The fourth-order valence-corrected chi connectivity index (χ4v) is 6.74. The number of nitriles is 1. The summed E-state index contributed by atoms with van der Waals surface area (Å²) in [5.41, 5.74) is 8.84. The van der Waals surface area contributed by atoms with Crippen LogP contribution in [0.1, 0.15) is 62.8 Å². The van der Waals surface area contributed by atoms with Gasteiger partial charge in [-0.25, -0.2) is 0 Å². The van der Waals surface area contributed by atoms with Gasteiger partial charge < -0.3 is 14.9 Å². The molecule has 33 heavy (non-hydrogen) atoms. The standard InChI is InChI=1S/C26H27N3O2S2/c1-14-16(23(32)29(13-20(30)31)24(33)18(14)12-27)9-15-10-19-22-21-17(15)11-26(21,4)6-8-28(22)7-5-25(19,2)3/h9-10H,5-8,11,13H2,1-4H3,(H,30,31)/b16-9-. The van der Waals surface area contributed by atoms with Crippen molar-refractivity contribution in [3.63, 3.8) is 0 Å². The topological polar surface area (TPSA) is 67.6 Å². The Morgan fingerprint density at radius 1 is 1.24 bits per heavy atom. The number of benzene rings is 1. The number of aliphatic carboxylic acids is 1. The summed E-state index contributed by atoms with van der Waals surface area (Å²) in [6.07, 6.45) is 5.38. The van der Waals surface area contributed by atoms with Gasteiger partial charge in [-0.05, 0) is 71.6 Å².